The van der Waals surface area contributed by atoms with Crippen LogP contribution in [0, 0.1) is 10.1 Å². The predicted octanol–water partition coefficient (Wildman–Crippen LogP) is 3.14. The zero-order valence-electron chi connectivity index (χ0n) is 12.6. The molecule has 0 aliphatic rings. The molecule has 0 amide bonds. The van der Waals surface area contributed by atoms with Gasteiger partial charge in [-0.1, -0.05) is 0 Å². The Hall–Kier alpha value is -2.93. The quantitative estimate of drug-likeness (QED) is 0.352. The van der Waals surface area contributed by atoms with Crippen molar-refractivity contribution in [1.29, 1.82) is 0 Å². The number of methoxy groups -OCH3 is 1. The second-order valence-corrected chi connectivity index (χ2v) is 4.90. The number of ether oxygens (including phenoxy) is 1. The summed E-state index contributed by atoms with van der Waals surface area (Å²) < 4.78 is 4.85. The number of nitrogens with one attached hydrogen (secondary N) is 1. The van der Waals surface area contributed by atoms with Crippen LogP contribution in [0.4, 0.5) is 22.7 Å². The highest BCUT2D eigenvalue weighted by Crippen LogP contribution is 2.29. The minimum Gasteiger partial charge on any atom is -0.399 e. The molecule has 0 aliphatic carbocycles. The van der Waals surface area contributed by atoms with Gasteiger partial charge in [-0.15, -0.1) is 0 Å². The summed E-state index contributed by atoms with van der Waals surface area (Å²) in [5.74, 6) is -0.200. The van der Waals surface area contributed by atoms with Crippen molar-refractivity contribution < 1.29 is 14.5 Å². The van der Waals surface area contributed by atoms with Crippen LogP contribution in [0.3, 0.4) is 0 Å². The maximum Gasteiger partial charge on any atom is 0.293 e. The third-order valence-corrected chi connectivity index (χ3v) is 3.24. The van der Waals surface area contributed by atoms with E-state index in [1.807, 2.05) is 0 Å². The van der Waals surface area contributed by atoms with Crippen LogP contribution in [0.1, 0.15) is 16.8 Å². The molecule has 0 saturated heterocycles. The van der Waals surface area contributed by atoms with E-state index in [-0.39, 0.29) is 30.1 Å². The van der Waals surface area contributed by atoms with E-state index in [2.05, 4.69) is 5.32 Å². The first-order valence-electron chi connectivity index (χ1n) is 6.94. The lowest BCUT2D eigenvalue weighted by molar-refractivity contribution is -0.383. The fourth-order valence-electron chi connectivity index (χ4n) is 2.02. The number of Topliss-reactive ketones (excluding diaryl/α,β-unsaturated/α-hetero) is 1. The summed E-state index contributed by atoms with van der Waals surface area (Å²) in [5.41, 5.74) is 7.31. The largest absolute Gasteiger partial charge is 0.399 e. The maximum atomic E-state index is 11.9. The van der Waals surface area contributed by atoms with Crippen molar-refractivity contribution in [3.05, 3.63) is 58.1 Å². The molecule has 2 rings (SSSR count). The third-order valence-electron chi connectivity index (χ3n) is 3.24. The first-order chi connectivity index (χ1) is 11.0. The molecule has 0 aromatic heterocycles. The zero-order chi connectivity index (χ0) is 16.8. The molecular formula is C16H17N3O4. The molecule has 3 N–H and O–H groups in total. The van der Waals surface area contributed by atoms with Crippen LogP contribution in [0.15, 0.2) is 42.5 Å². The van der Waals surface area contributed by atoms with Gasteiger partial charge >= 0.3 is 0 Å². The summed E-state index contributed by atoms with van der Waals surface area (Å²) >= 11 is 0. The molecule has 0 saturated carbocycles. The summed E-state index contributed by atoms with van der Waals surface area (Å²) in [7, 11) is 1.50. The van der Waals surface area contributed by atoms with Crippen LogP contribution in [-0.4, -0.2) is 24.4 Å². The number of carbonyl (C=O) groups excluding carboxylic acids is 1. The minimum absolute atomic E-state index is 0.162. The molecule has 23 heavy (non-hydrogen) atoms. The maximum absolute atomic E-state index is 11.9. The zero-order valence-corrected chi connectivity index (χ0v) is 12.6. The first kappa shape index (κ1) is 16.4. The number of hydrogen-bond acceptors (Lipinski definition) is 6. The SMILES string of the molecule is COCCC(=O)c1ccc(Nc2ccc(N)cc2)c([N+](=O)[O-])c1. The summed E-state index contributed by atoms with van der Waals surface area (Å²) in [6.07, 6.45) is 0.179. The van der Waals surface area contributed by atoms with Gasteiger partial charge in [-0.3, -0.25) is 14.9 Å². The second-order valence-electron chi connectivity index (χ2n) is 4.90. The Morgan fingerprint density at radius 3 is 2.57 bits per heavy atom. The number of nitrogens with two attached hydrogens (primary N) is 1. The normalized spacial score (nSPS) is 10.3. The molecule has 0 heterocycles. The molecule has 0 radical (unpaired) electrons. The minimum atomic E-state index is -0.521. The Morgan fingerprint density at radius 1 is 1.26 bits per heavy atom. The molecular weight excluding hydrogens is 298 g/mol. The van der Waals surface area contributed by atoms with Crippen molar-refractivity contribution in [2.24, 2.45) is 0 Å². The fourth-order valence-corrected chi connectivity index (χ4v) is 2.02. The van der Waals surface area contributed by atoms with Gasteiger partial charge in [0.05, 0.1) is 11.5 Å². The number of nitro benzene ring substituents is 1. The molecule has 7 heteroatoms. The molecule has 0 fully saturated rings. The monoisotopic (exact) mass is 315 g/mol. The van der Waals surface area contributed by atoms with Gasteiger partial charge in [-0.25, -0.2) is 0 Å². The number of ketones is 1. The molecule has 0 spiro atoms. The number of benzene rings is 2. The second kappa shape index (κ2) is 7.37. The van der Waals surface area contributed by atoms with Crippen molar-refractivity contribution in [2.45, 2.75) is 6.42 Å². The molecule has 2 aromatic rings. The smallest absolute Gasteiger partial charge is 0.293 e. The highest BCUT2D eigenvalue weighted by molar-refractivity contribution is 5.97. The molecule has 120 valence electrons. The number of carbonyl (C=O) groups is 1. The summed E-state index contributed by atoms with van der Waals surface area (Å²) in [6, 6.07) is 11.2. The topological polar surface area (TPSA) is 107 Å². The first-order valence-corrected chi connectivity index (χ1v) is 6.94. The van der Waals surface area contributed by atoms with Gasteiger partial charge in [0.15, 0.2) is 5.78 Å². The van der Waals surface area contributed by atoms with Crippen LogP contribution in [-0.2, 0) is 4.74 Å². The van der Waals surface area contributed by atoms with Gasteiger partial charge in [0.1, 0.15) is 5.69 Å². The Labute approximate surface area is 133 Å². The van der Waals surface area contributed by atoms with Crippen molar-refractivity contribution in [3.63, 3.8) is 0 Å². The van der Waals surface area contributed by atoms with Crippen molar-refractivity contribution in [1.82, 2.24) is 0 Å². The van der Waals surface area contributed by atoms with Crippen LogP contribution >= 0.6 is 0 Å². The highest BCUT2D eigenvalue weighted by atomic mass is 16.6. The van der Waals surface area contributed by atoms with E-state index in [4.69, 9.17) is 10.5 Å². The van der Waals surface area contributed by atoms with Crippen LogP contribution in [0.5, 0.6) is 0 Å². The van der Waals surface area contributed by atoms with E-state index in [1.54, 1.807) is 30.3 Å². The van der Waals surface area contributed by atoms with Crippen molar-refractivity contribution >= 4 is 28.5 Å². The summed E-state index contributed by atoms with van der Waals surface area (Å²) in [4.78, 5) is 22.7. The number of rotatable bonds is 7. The molecule has 0 atom stereocenters. The Morgan fingerprint density at radius 2 is 1.96 bits per heavy atom. The van der Waals surface area contributed by atoms with E-state index >= 15 is 0 Å². The van der Waals surface area contributed by atoms with Gasteiger partial charge in [0.25, 0.3) is 5.69 Å². The summed E-state index contributed by atoms with van der Waals surface area (Å²) in [5, 5.41) is 14.2. The van der Waals surface area contributed by atoms with Gasteiger partial charge in [-0.2, -0.15) is 0 Å². The average Bonchev–Trinajstić information content (AvgIpc) is 2.54. The van der Waals surface area contributed by atoms with Gasteiger partial charge < -0.3 is 15.8 Å². The average molecular weight is 315 g/mol. The number of anilines is 3. The van der Waals surface area contributed by atoms with E-state index in [1.165, 1.54) is 19.2 Å². The van der Waals surface area contributed by atoms with E-state index in [9.17, 15) is 14.9 Å². The van der Waals surface area contributed by atoms with E-state index < -0.39 is 4.92 Å². The van der Waals surface area contributed by atoms with E-state index in [0.29, 0.717) is 17.1 Å². The standard InChI is InChI=1S/C16H17N3O4/c1-23-9-8-16(20)11-2-7-14(15(10-11)19(21)22)18-13-5-3-12(17)4-6-13/h2-7,10,18H,8-9,17H2,1H3. The Kier molecular flexibility index (Phi) is 5.27. The van der Waals surface area contributed by atoms with Crippen molar-refractivity contribution in [3.8, 4) is 0 Å². The molecule has 7 nitrogen and oxygen atoms in total. The summed E-state index contributed by atoms with van der Waals surface area (Å²) in [6.45, 7) is 0.276. The van der Waals surface area contributed by atoms with Gasteiger partial charge in [-0.05, 0) is 36.4 Å². The Balaban J connectivity index is 2.27. The molecule has 0 bridgehead atoms. The molecule has 2 aromatic carbocycles. The van der Waals surface area contributed by atoms with Crippen LogP contribution in [0.25, 0.3) is 0 Å². The highest BCUT2D eigenvalue weighted by Gasteiger charge is 2.17. The number of nitrogen functional groups attached to an aromatic ring is 1. The number of nitro groups is 1. The van der Waals surface area contributed by atoms with Crippen LogP contribution in [0.2, 0.25) is 0 Å². The van der Waals surface area contributed by atoms with E-state index in [0.717, 1.165) is 0 Å². The molecule has 0 unspecified atom stereocenters. The number of hydrogen-bond donors (Lipinski definition) is 2. The van der Waals surface area contributed by atoms with Crippen molar-refractivity contribution in [2.75, 3.05) is 24.8 Å². The van der Waals surface area contributed by atoms with Crippen LogP contribution < -0.4 is 11.1 Å². The number of nitrogens with zero attached hydrogens (tertiary/aromatic N) is 1. The lowest BCUT2D eigenvalue weighted by atomic mass is 10.1. The lowest BCUT2D eigenvalue weighted by Gasteiger charge is -2.09. The van der Waals surface area contributed by atoms with Gasteiger partial charge in [0, 0.05) is 36.5 Å². The molecule has 0 aliphatic heterocycles. The Bertz CT molecular complexity index is 714. The fraction of sp³-hybridized carbons (Fsp3) is 0.188. The van der Waals surface area contributed by atoms with Gasteiger partial charge in [0.2, 0.25) is 0 Å². The third kappa shape index (κ3) is 4.27. The lowest BCUT2D eigenvalue weighted by Crippen LogP contribution is -2.05. The predicted molar refractivity (Wildman–Crippen MR) is 88.1 cm³/mol.